The number of carbonyl (C=O) groups excluding carboxylic acids is 2. The lowest BCUT2D eigenvalue weighted by atomic mass is 10.2. The van der Waals surface area contributed by atoms with Gasteiger partial charge < -0.3 is 14.2 Å². The molecular weight excluding hydrogens is 448 g/mol. The van der Waals surface area contributed by atoms with E-state index in [1.165, 1.54) is 18.9 Å². The lowest BCUT2D eigenvalue weighted by Gasteiger charge is -2.14. The monoisotopic (exact) mass is 470 g/mol. The zero-order chi connectivity index (χ0) is 20.7. The van der Waals surface area contributed by atoms with E-state index in [9.17, 15) is 9.59 Å². The van der Waals surface area contributed by atoms with Gasteiger partial charge in [-0.25, -0.2) is 4.79 Å². The number of ether oxygens (including phenoxy) is 3. The Balaban J connectivity index is 2.36. The molecule has 0 N–H and O–H groups in total. The van der Waals surface area contributed by atoms with Crippen LogP contribution in [0.25, 0.3) is 6.08 Å². The number of halogens is 1. The van der Waals surface area contributed by atoms with Crippen LogP contribution < -0.4 is 9.47 Å². The molecule has 0 radical (unpaired) electrons. The predicted molar refractivity (Wildman–Crippen MR) is 114 cm³/mol. The van der Waals surface area contributed by atoms with Gasteiger partial charge in [0.25, 0.3) is 5.91 Å². The van der Waals surface area contributed by atoms with Gasteiger partial charge in [0.2, 0.25) is 0 Å². The van der Waals surface area contributed by atoms with Crippen molar-refractivity contribution in [3.05, 3.63) is 27.1 Å². The number of hydrogen-bond acceptors (Lipinski definition) is 7. The van der Waals surface area contributed by atoms with E-state index < -0.39 is 5.97 Å². The molecule has 1 saturated heterocycles. The average molecular weight is 471 g/mol. The van der Waals surface area contributed by atoms with Crippen LogP contribution in [0.3, 0.4) is 0 Å². The molecule has 0 atom stereocenters. The Bertz CT molecular complexity index is 810. The fraction of sp³-hybridized carbons (Fsp3) is 0.421. The van der Waals surface area contributed by atoms with Crippen LogP contribution in [-0.4, -0.2) is 55.4 Å². The third-order valence-electron chi connectivity index (χ3n) is 3.69. The minimum absolute atomic E-state index is 0.0696. The molecule has 1 aromatic rings. The first-order chi connectivity index (χ1) is 13.4. The van der Waals surface area contributed by atoms with Crippen LogP contribution in [-0.2, 0) is 14.3 Å². The molecule has 28 heavy (non-hydrogen) atoms. The van der Waals surface area contributed by atoms with Gasteiger partial charge >= 0.3 is 5.97 Å². The molecule has 1 aliphatic heterocycles. The van der Waals surface area contributed by atoms with Gasteiger partial charge in [0.05, 0.1) is 23.1 Å². The van der Waals surface area contributed by atoms with Gasteiger partial charge in [-0.1, -0.05) is 0 Å². The molecule has 2 rings (SSSR count). The molecular formula is C19H23BrN2O5S. The highest BCUT2D eigenvalue weighted by molar-refractivity contribution is 9.10. The molecule has 0 bridgehead atoms. The largest absolute Gasteiger partial charge is 0.490 e. The van der Waals surface area contributed by atoms with Crippen molar-refractivity contribution in [2.24, 2.45) is 4.99 Å². The SMILES string of the molecule is CCN=C1S/C(=C/c2cc(Br)c(OCC(=O)OC)c(OCC)c2)C(=O)N1CC. The number of benzene rings is 1. The number of rotatable bonds is 8. The van der Waals surface area contributed by atoms with Crippen molar-refractivity contribution in [1.29, 1.82) is 0 Å². The quantitative estimate of drug-likeness (QED) is 0.425. The maximum absolute atomic E-state index is 12.6. The predicted octanol–water partition coefficient (Wildman–Crippen LogP) is 3.71. The third-order valence-corrected chi connectivity index (χ3v) is 5.32. The van der Waals surface area contributed by atoms with Crippen LogP contribution in [0.2, 0.25) is 0 Å². The second-order valence-corrected chi connectivity index (χ2v) is 7.41. The summed E-state index contributed by atoms with van der Waals surface area (Å²) in [6.45, 7) is 7.09. The maximum atomic E-state index is 12.6. The molecule has 1 aliphatic rings. The van der Waals surface area contributed by atoms with Crippen LogP contribution >= 0.6 is 27.7 Å². The molecule has 1 amide bonds. The summed E-state index contributed by atoms with van der Waals surface area (Å²) in [5.74, 6) is 0.316. The number of amidine groups is 1. The highest BCUT2D eigenvalue weighted by Crippen LogP contribution is 2.39. The fourth-order valence-corrected chi connectivity index (χ4v) is 4.13. The number of carbonyl (C=O) groups is 2. The standard InChI is InChI=1S/C19H23BrN2O5S/c1-5-21-19-22(6-2)18(24)15(28-19)10-12-8-13(20)17(14(9-12)26-7-3)27-11-16(23)25-4/h8-10H,5-7,11H2,1-4H3/b15-10+,21-19?. The number of thioether (sulfide) groups is 1. The summed E-state index contributed by atoms with van der Waals surface area (Å²) >= 11 is 4.81. The number of amides is 1. The summed E-state index contributed by atoms with van der Waals surface area (Å²) in [4.78, 5) is 30.6. The normalized spacial score (nSPS) is 16.8. The van der Waals surface area contributed by atoms with Crippen molar-refractivity contribution < 1.29 is 23.8 Å². The zero-order valence-corrected chi connectivity index (χ0v) is 18.7. The minimum atomic E-state index is -0.490. The summed E-state index contributed by atoms with van der Waals surface area (Å²) < 4.78 is 16.4. The van der Waals surface area contributed by atoms with Gasteiger partial charge in [0.1, 0.15) is 0 Å². The van der Waals surface area contributed by atoms with Crippen LogP contribution in [0.15, 0.2) is 26.5 Å². The van der Waals surface area contributed by atoms with Gasteiger partial charge in [0.15, 0.2) is 23.3 Å². The Morgan fingerprint density at radius 2 is 2.04 bits per heavy atom. The first kappa shape index (κ1) is 22.3. The summed E-state index contributed by atoms with van der Waals surface area (Å²) in [6, 6.07) is 3.58. The van der Waals surface area contributed by atoms with E-state index in [-0.39, 0.29) is 12.5 Å². The smallest absolute Gasteiger partial charge is 0.343 e. The molecule has 0 unspecified atom stereocenters. The molecule has 7 nitrogen and oxygen atoms in total. The topological polar surface area (TPSA) is 77.4 Å². The van der Waals surface area contributed by atoms with Crippen molar-refractivity contribution in [3.8, 4) is 11.5 Å². The Labute approximate surface area is 177 Å². The van der Waals surface area contributed by atoms with Crippen molar-refractivity contribution in [2.45, 2.75) is 20.8 Å². The van der Waals surface area contributed by atoms with E-state index in [1.54, 1.807) is 23.1 Å². The number of likely N-dealkylation sites (N-methyl/N-ethyl adjacent to an activating group) is 1. The van der Waals surface area contributed by atoms with Crippen LogP contribution in [0.5, 0.6) is 11.5 Å². The Morgan fingerprint density at radius 1 is 1.29 bits per heavy atom. The van der Waals surface area contributed by atoms with Gasteiger partial charge in [-0.2, -0.15) is 0 Å². The number of hydrogen-bond donors (Lipinski definition) is 0. The van der Waals surface area contributed by atoms with E-state index in [0.29, 0.717) is 45.7 Å². The molecule has 9 heteroatoms. The van der Waals surface area contributed by atoms with Gasteiger partial charge in [-0.05, 0) is 72.2 Å². The van der Waals surface area contributed by atoms with Crippen LogP contribution in [0.1, 0.15) is 26.3 Å². The second kappa shape index (κ2) is 10.5. The lowest BCUT2D eigenvalue weighted by molar-refractivity contribution is -0.143. The average Bonchev–Trinajstić information content (AvgIpc) is 2.95. The van der Waals surface area contributed by atoms with Gasteiger partial charge in [-0.3, -0.25) is 14.7 Å². The first-order valence-electron chi connectivity index (χ1n) is 8.86. The summed E-state index contributed by atoms with van der Waals surface area (Å²) in [5, 5.41) is 0.711. The van der Waals surface area contributed by atoms with Crippen molar-refractivity contribution in [3.63, 3.8) is 0 Å². The summed E-state index contributed by atoms with van der Waals surface area (Å²) in [5.41, 5.74) is 0.769. The van der Waals surface area contributed by atoms with E-state index in [1.807, 2.05) is 20.8 Å². The Morgan fingerprint density at radius 3 is 2.64 bits per heavy atom. The van der Waals surface area contributed by atoms with E-state index >= 15 is 0 Å². The maximum Gasteiger partial charge on any atom is 0.343 e. The molecule has 0 saturated carbocycles. The first-order valence-corrected chi connectivity index (χ1v) is 10.5. The van der Waals surface area contributed by atoms with Crippen molar-refractivity contribution >= 4 is 50.8 Å². The van der Waals surface area contributed by atoms with Crippen LogP contribution in [0, 0.1) is 0 Å². The molecule has 1 aromatic carbocycles. The van der Waals surface area contributed by atoms with E-state index in [2.05, 4.69) is 25.7 Å². The van der Waals surface area contributed by atoms with Crippen molar-refractivity contribution in [2.75, 3.05) is 33.4 Å². The fourth-order valence-electron chi connectivity index (χ4n) is 2.46. The highest BCUT2D eigenvalue weighted by Gasteiger charge is 2.32. The minimum Gasteiger partial charge on any atom is -0.490 e. The van der Waals surface area contributed by atoms with E-state index in [4.69, 9.17) is 9.47 Å². The molecule has 0 aliphatic carbocycles. The molecule has 152 valence electrons. The number of aliphatic imine (C=N–C) groups is 1. The number of methoxy groups -OCH3 is 1. The second-order valence-electron chi connectivity index (χ2n) is 5.54. The molecule has 0 spiro atoms. The Kier molecular flexibility index (Phi) is 8.37. The van der Waals surface area contributed by atoms with Crippen LogP contribution in [0.4, 0.5) is 0 Å². The van der Waals surface area contributed by atoms with Gasteiger partial charge in [-0.15, -0.1) is 0 Å². The molecule has 1 heterocycles. The summed E-state index contributed by atoms with van der Waals surface area (Å²) in [7, 11) is 1.30. The number of nitrogens with zero attached hydrogens (tertiary/aromatic N) is 2. The molecule has 0 aromatic heterocycles. The number of esters is 1. The van der Waals surface area contributed by atoms with Crippen molar-refractivity contribution in [1.82, 2.24) is 4.90 Å². The lowest BCUT2D eigenvalue weighted by Crippen LogP contribution is -2.28. The molecule has 1 fully saturated rings. The van der Waals surface area contributed by atoms with E-state index in [0.717, 1.165) is 5.56 Å². The third kappa shape index (κ3) is 5.29. The summed E-state index contributed by atoms with van der Waals surface area (Å²) in [6.07, 6.45) is 1.80. The Hall–Kier alpha value is -2.00. The van der Waals surface area contributed by atoms with Gasteiger partial charge in [0, 0.05) is 13.1 Å². The zero-order valence-electron chi connectivity index (χ0n) is 16.3. The highest BCUT2D eigenvalue weighted by atomic mass is 79.9.